The Labute approximate surface area is 124 Å². The molecule has 2 N–H and O–H groups in total. The summed E-state index contributed by atoms with van der Waals surface area (Å²) >= 11 is 0. The van der Waals surface area contributed by atoms with Gasteiger partial charge in [-0.1, -0.05) is 18.2 Å². The molecule has 0 saturated carbocycles. The summed E-state index contributed by atoms with van der Waals surface area (Å²) in [6, 6.07) is 12.0. The van der Waals surface area contributed by atoms with Crippen LogP contribution in [0, 0.1) is 5.92 Å². The zero-order chi connectivity index (χ0) is 14.7. The summed E-state index contributed by atoms with van der Waals surface area (Å²) in [5.41, 5.74) is 3.42. The van der Waals surface area contributed by atoms with Crippen LogP contribution in [0.15, 0.2) is 48.8 Å². The smallest absolute Gasteiger partial charge is 0.225 e. The highest BCUT2D eigenvalue weighted by molar-refractivity contribution is 5.81. The molecule has 4 heteroatoms. The minimum absolute atomic E-state index is 0.00216. The van der Waals surface area contributed by atoms with Gasteiger partial charge in [-0.25, -0.2) is 0 Å². The van der Waals surface area contributed by atoms with Crippen LogP contribution in [0.1, 0.15) is 24.1 Å². The van der Waals surface area contributed by atoms with Crippen molar-refractivity contribution in [2.45, 2.75) is 19.4 Å². The van der Waals surface area contributed by atoms with Crippen molar-refractivity contribution in [2.75, 3.05) is 11.9 Å². The van der Waals surface area contributed by atoms with E-state index in [1.165, 1.54) is 5.56 Å². The number of hydrogen-bond acceptors (Lipinski definition) is 3. The summed E-state index contributed by atoms with van der Waals surface area (Å²) in [5.74, 6) is 0.0745. The van der Waals surface area contributed by atoms with E-state index in [0.717, 1.165) is 17.7 Å². The van der Waals surface area contributed by atoms with Crippen molar-refractivity contribution in [2.24, 2.45) is 5.92 Å². The maximum atomic E-state index is 12.4. The second-order valence-corrected chi connectivity index (χ2v) is 5.45. The number of carbonyl (C=O) groups excluding carboxylic acids is 1. The first kappa shape index (κ1) is 13.6. The van der Waals surface area contributed by atoms with Crippen LogP contribution in [-0.2, 0) is 11.2 Å². The Balaban J connectivity index is 1.65. The van der Waals surface area contributed by atoms with E-state index in [2.05, 4.69) is 27.8 Å². The lowest BCUT2D eigenvalue weighted by Crippen LogP contribution is -2.39. The maximum Gasteiger partial charge on any atom is 0.225 e. The highest BCUT2D eigenvalue weighted by Gasteiger charge is 2.25. The summed E-state index contributed by atoms with van der Waals surface area (Å²) in [6.07, 6.45) is 4.28. The van der Waals surface area contributed by atoms with Crippen molar-refractivity contribution in [1.82, 2.24) is 10.3 Å². The Bertz CT molecular complexity index is 627. The van der Waals surface area contributed by atoms with E-state index in [0.29, 0.717) is 6.54 Å². The molecule has 1 aromatic heterocycles. The first-order valence-electron chi connectivity index (χ1n) is 7.26. The number of carbonyl (C=O) groups is 1. The molecule has 0 saturated heterocycles. The van der Waals surface area contributed by atoms with Gasteiger partial charge in [0.05, 0.1) is 12.0 Å². The van der Waals surface area contributed by atoms with Crippen LogP contribution in [-0.4, -0.2) is 17.4 Å². The number of amides is 1. The van der Waals surface area contributed by atoms with E-state index in [9.17, 15) is 4.79 Å². The second-order valence-electron chi connectivity index (χ2n) is 5.45. The van der Waals surface area contributed by atoms with Gasteiger partial charge >= 0.3 is 0 Å². The van der Waals surface area contributed by atoms with Crippen molar-refractivity contribution >= 4 is 11.6 Å². The molecule has 0 radical (unpaired) electrons. The first-order chi connectivity index (χ1) is 10.2. The van der Waals surface area contributed by atoms with Gasteiger partial charge in [0, 0.05) is 24.6 Å². The zero-order valence-corrected chi connectivity index (χ0v) is 12.0. The summed E-state index contributed by atoms with van der Waals surface area (Å²) in [5, 5.41) is 6.43. The number of hydrogen-bond donors (Lipinski definition) is 2. The highest BCUT2D eigenvalue weighted by Crippen LogP contribution is 2.24. The van der Waals surface area contributed by atoms with E-state index < -0.39 is 0 Å². The summed E-state index contributed by atoms with van der Waals surface area (Å²) in [6.45, 7) is 2.68. The number of pyridine rings is 1. The number of benzene rings is 1. The van der Waals surface area contributed by atoms with E-state index in [1.54, 1.807) is 12.4 Å². The van der Waals surface area contributed by atoms with Gasteiger partial charge in [0.15, 0.2) is 0 Å². The average molecular weight is 281 g/mol. The normalized spacial score (nSPS) is 18.2. The molecule has 1 unspecified atom stereocenters. The standard InChI is InChI=1S/C17H19N3O/c1-12(13-6-8-18-9-7-13)20-17(21)15-10-14-4-2-3-5-16(14)19-11-15/h2-9,12,15,19H,10-11H2,1H3,(H,20,21)/t12-,15?/m1/s1. The molecule has 4 nitrogen and oxygen atoms in total. The van der Waals surface area contributed by atoms with Crippen molar-refractivity contribution in [3.63, 3.8) is 0 Å². The Hall–Kier alpha value is -2.36. The Kier molecular flexibility index (Phi) is 3.86. The highest BCUT2D eigenvalue weighted by atomic mass is 16.2. The zero-order valence-electron chi connectivity index (χ0n) is 12.0. The van der Waals surface area contributed by atoms with Crippen molar-refractivity contribution in [3.05, 3.63) is 59.9 Å². The fraction of sp³-hybridized carbons (Fsp3) is 0.294. The number of nitrogens with one attached hydrogen (secondary N) is 2. The molecule has 21 heavy (non-hydrogen) atoms. The number of aromatic nitrogens is 1. The SMILES string of the molecule is C[C@@H](NC(=O)C1CNc2ccccc2C1)c1ccncc1. The molecule has 0 spiro atoms. The molecular weight excluding hydrogens is 262 g/mol. The molecule has 2 aromatic rings. The predicted molar refractivity (Wildman–Crippen MR) is 82.9 cm³/mol. The van der Waals surface area contributed by atoms with Crippen molar-refractivity contribution in [1.29, 1.82) is 0 Å². The van der Waals surface area contributed by atoms with E-state index in [1.807, 2.05) is 31.2 Å². The monoisotopic (exact) mass is 281 g/mol. The van der Waals surface area contributed by atoms with Gasteiger partial charge in [-0.05, 0) is 42.7 Å². The third-order valence-electron chi connectivity index (χ3n) is 3.96. The van der Waals surface area contributed by atoms with Crippen LogP contribution in [0.3, 0.4) is 0 Å². The summed E-state index contributed by atoms with van der Waals surface area (Å²) < 4.78 is 0. The molecule has 1 amide bonds. The fourth-order valence-electron chi connectivity index (χ4n) is 2.69. The fourth-order valence-corrected chi connectivity index (χ4v) is 2.69. The predicted octanol–water partition coefficient (Wildman–Crippen LogP) is 2.54. The molecular formula is C17H19N3O. The van der Waals surface area contributed by atoms with Gasteiger partial charge < -0.3 is 10.6 Å². The summed E-state index contributed by atoms with van der Waals surface area (Å²) in [7, 11) is 0. The van der Waals surface area contributed by atoms with E-state index in [-0.39, 0.29) is 17.9 Å². The van der Waals surface area contributed by atoms with E-state index >= 15 is 0 Å². The minimum Gasteiger partial charge on any atom is -0.384 e. The number of para-hydroxylation sites is 1. The van der Waals surface area contributed by atoms with Gasteiger partial charge in [-0.15, -0.1) is 0 Å². The summed E-state index contributed by atoms with van der Waals surface area (Å²) in [4.78, 5) is 16.4. The van der Waals surface area contributed by atoms with Gasteiger partial charge in [0.2, 0.25) is 5.91 Å². The van der Waals surface area contributed by atoms with E-state index in [4.69, 9.17) is 0 Å². The first-order valence-corrected chi connectivity index (χ1v) is 7.26. The molecule has 2 atom stereocenters. The third kappa shape index (κ3) is 3.05. The number of nitrogens with zero attached hydrogens (tertiary/aromatic N) is 1. The number of fused-ring (bicyclic) bond motifs is 1. The van der Waals surface area contributed by atoms with Gasteiger partial charge in [0.1, 0.15) is 0 Å². The van der Waals surface area contributed by atoms with Crippen LogP contribution in [0.2, 0.25) is 0 Å². The average Bonchev–Trinajstić information content (AvgIpc) is 2.55. The molecule has 1 aliphatic heterocycles. The van der Waals surface area contributed by atoms with Gasteiger partial charge in [-0.3, -0.25) is 9.78 Å². The maximum absolute atomic E-state index is 12.4. The Morgan fingerprint density at radius 3 is 2.86 bits per heavy atom. The van der Waals surface area contributed by atoms with Crippen LogP contribution < -0.4 is 10.6 Å². The molecule has 2 heterocycles. The lowest BCUT2D eigenvalue weighted by molar-refractivity contribution is -0.125. The lowest BCUT2D eigenvalue weighted by atomic mass is 9.93. The van der Waals surface area contributed by atoms with Gasteiger partial charge in [-0.2, -0.15) is 0 Å². The molecule has 1 aromatic carbocycles. The van der Waals surface area contributed by atoms with Crippen LogP contribution in [0.4, 0.5) is 5.69 Å². The van der Waals surface area contributed by atoms with Gasteiger partial charge in [0.25, 0.3) is 0 Å². The molecule has 0 bridgehead atoms. The molecule has 1 aliphatic rings. The molecule has 0 aliphatic carbocycles. The molecule has 0 fully saturated rings. The largest absolute Gasteiger partial charge is 0.384 e. The molecule has 108 valence electrons. The van der Waals surface area contributed by atoms with Crippen molar-refractivity contribution in [3.8, 4) is 0 Å². The number of rotatable bonds is 3. The molecule has 3 rings (SSSR count). The Morgan fingerprint density at radius 1 is 1.29 bits per heavy atom. The minimum atomic E-state index is -0.0239. The second kappa shape index (κ2) is 5.95. The number of anilines is 1. The topological polar surface area (TPSA) is 54.0 Å². The lowest BCUT2D eigenvalue weighted by Gasteiger charge is -2.26. The van der Waals surface area contributed by atoms with Crippen LogP contribution >= 0.6 is 0 Å². The third-order valence-corrected chi connectivity index (χ3v) is 3.96. The quantitative estimate of drug-likeness (QED) is 0.909. The van der Waals surface area contributed by atoms with Crippen LogP contribution in [0.25, 0.3) is 0 Å². The Morgan fingerprint density at radius 2 is 2.05 bits per heavy atom. The van der Waals surface area contributed by atoms with Crippen molar-refractivity contribution < 1.29 is 4.79 Å². The van der Waals surface area contributed by atoms with Crippen LogP contribution in [0.5, 0.6) is 0 Å².